The monoisotopic (exact) mass is 446 g/mol. The summed E-state index contributed by atoms with van der Waals surface area (Å²) in [5.74, 6) is -0.0432. The van der Waals surface area contributed by atoms with Crippen molar-refractivity contribution in [3.63, 3.8) is 0 Å². The molecule has 31 heavy (non-hydrogen) atoms. The van der Waals surface area contributed by atoms with Crippen LogP contribution >= 0.6 is 11.3 Å². The van der Waals surface area contributed by atoms with Gasteiger partial charge in [-0.1, -0.05) is 20.8 Å². The Morgan fingerprint density at radius 1 is 1.26 bits per heavy atom. The number of hydrogen-bond acceptors (Lipinski definition) is 7. The van der Waals surface area contributed by atoms with Gasteiger partial charge in [0.15, 0.2) is 6.61 Å². The summed E-state index contributed by atoms with van der Waals surface area (Å²) < 4.78 is 10.4. The average molecular weight is 447 g/mol. The molecule has 1 aliphatic carbocycles. The molecular formula is C22H26N2O6S. The van der Waals surface area contributed by atoms with Crippen molar-refractivity contribution < 1.29 is 24.0 Å². The molecule has 0 saturated carbocycles. The summed E-state index contributed by atoms with van der Waals surface area (Å²) >= 11 is 1.42. The van der Waals surface area contributed by atoms with Crippen LogP contribution in [-0.4, -0.2) is 30.5 Å². The third-order valence-corrected chi connectivity index (χ3v) is 6.72. The number of non-ortho nitro benzene ring substituents is 1. The fourth-order valence-corrected chi connectivity index (χ4v) is 5.04. The van der Waals surface area contributed by atoms with Crippen molar-refractivity contribution in [3.05, 3.63) is 50.4 Å². The van der Waals surface area contributed by atoms with Gasteiger partial charge in [0.25, 0.3) is 11.6 Å². The molecule has 0 saturated heterocycles. The first-order valence-electron chi connectivity index (χ1n) is 10.00. The molecule has 0 spiro atoms. The van der Waals surface area contributed by atoms with Gasteiger partial charge in [-0.2, -0.15) is 0 Å². The quantitative estimate of drug-likeness (QED) is 0.394. The van der Waals surface area contributed by atoms with Crippen molar-refractivity contribution in [1.82, 2.24) is 0 Å². The third-order valence-electron chi connectivity index (χ3n) is 5.55. The molecule has 8 nitrogen and oxygen atoms in total. The molecule has 1 unspecified atom stereocenters. The Bertz CT molecular complexity index is 991. The van der Waals surface area contributed by atoms with Crippen LogP contribution in [0.4, 0.5) is 10.7 Å². The predicted molar refractivity (Wildman–Crippen MR) is 118 cm³/mol. The maximum atomic E-state index is 12.5. The minimum atomic E-state index is -0.506. The summed E-state index contributed by atoms with van der Waals surface area (Å²) in [6, 6.07) is 5.48. The normalized spacial score (nSPS) is 15.7. The molecule has 166 valence electrons. The first-order chi connectivity index (χ1) is 14.6. The number of fused-ring (bicyclic) bond motifs is 1. The molecule has 0 fully saturated rings. The van der Waals surface area contributed by atoms with E-state index in [1.165, 1.54) is 42.7 Å². The molecule has 0 bridgehead atoms. The van der Waals surface area contributed by atoms with Crippen LogP contribution in [0.2, 0.25) is 0 Å². The van der Waals surface area contributed by atoms with Crippen molar-refractivity contribution >= 4 is 33.9 Å². The van der Waals surface area contributed by atoms with Gasteiger partial charge in [0.05, 0.1) is 17.6 Å². The molecule has 3 rings (SSSR count). The second-order valence-electron chi connectivity index (χ2n) is 8.59. The second-order valence-corrected chi connectivity index (χ2v) is 9.70. The summed E-state index contributed by atoms with van der Waals surface area (Å²) in [7, 11) is 1.33. The average Bonchev–Trinajstić information content (AvgIpc) is 3.08. The van der Waals surface area contributed by atoms with Crippen LogP contribution in [0.3, 0.4) is 0 Å². The van der Waals surface area contributed by atoms with Crippen LogP contribution in [0.5, 0.6) is 5.75 Å². The van der Waals surface area contributed by atoms with Crippen LogP contribution in [0.15, 0.2) is 24.3 Å². The molecule has 0 aliphatic heterocycles. The number of anilines is 1. The Labute approximate surface area is 184 Å². The molecule has 1 atom stereocenters. The van der Waals surface area contributed by atoms with Crippen LogP contribution < -0.4 is 10.1 Å². The van der Waals surface area contributed by atoms with E-state index in [2.05, 4.69) is 26.1 Å². The summed E-state index contributed by atoms with van der Waals surface area (Å²) in [5.41, 5.74) is 1.49. The number of carbonyl (C=O) groups excluding carboxylic acids is 2. The number of nitrogens with one attached hydrogen (secondary N) is 1. The van der Waals surface area contributed by atoms with E-state index in [-0.39, 0.29) is 17.7 Å². The van der Waals surface area contributed by atoms with Crippen molar-refractivity contribution in [2.75, 3.05) is 19.0 Å². The van der Waals surface area contributed by atoms with Crippen LogP contribution in [0, 0.1) is 21.4 Å². The molecule has 2 aromatic rings. The lowest BCUT2D eigenvalue weighted by Crippen LogP contribution is -2.26. The highest BCUT2D eigenvalue weighted by molar-refractivity contribution is 7.17. The number of thiophene rings is 1. The van der Waals surface area contributed by atoms with E-state index in [4.69, 9.17) is 9.47 Å². The lowest BCUT2D eigenvalue weighted by molar-refractivity contribution is -0.384. The van der Waals surface area contributed by atoms with E-state index in [1.807, 2.05) is 0 Å². The summed E-state index contributed by atoms with van der Waals surface area (Å²) in [4.78, 5) is 36.2. The maximum absolute atomic E-state index is 12.5. The van der Waals surface area contributed by atoms with Crippen LogP contribution in [0.1, 0.15) is 48.0 Å². The lowest BCUT2D eigenvalue weighted by Gasteiger charge is -2.33. The number of benzene rings is 1. The van der Waals surface area contributed by atoms with Gasteiger partial charge in [-0.05, 0) is 48.3 Å². The Kier molecular flexibility index (Phi) is 6.64. The van der Waals surface area contributed by atoms with Crippen molar-refractivity contribution in [2.24, 2.45) is 11.3 Å². The zero-order valence-electron chi connectivity index (χ0n) is 18.0. The van der Waals surface area contributed by atoms with Gasteiger partial charge in [0.1, 0.15) is 10.8 Å². The first kappa shape index (κ1) is 22.7. The number of amides is 1. The maximum Gasteiger partial charge on any atom is 0.341 e. The second kappa shape index (κ2) is 9.05. The molecule has 1 heterocycles. The number of rotatable bonds is 6. The molecular weight excluding hydrogens is 420 g/mol. The number of esters is 1. The van der Waals surface area contributed by atoms with E-state index in [0.717, 1.165) is 29.7 Å². The minimum Gasteiger partial charge on any atom is -0.484 e. The molecule has 1 aromatic heterocycles. The van der Waals surface area contributed by atoms with Crippen molar-refractivity contribution in [2.45, 2.75) is 40.0 Å². The lowest BCUT2D eigenvalue weighted by atomic mass is 9.72. The molecule has 9 heteroatoms. The largest absolute Gasteiger partial charge is 0.484 e. The summed E-state index contributed by atoms with van der Waals surface area (Å²) in [5, 5.41) is 14.0. The van der Waals surface area contributed by atoms with Crippen LogP contribution in [-0.2, 0) is 22.4 Å². The highest BCUT2D eigenvalue weighted by Gasteiger charge is 2.34. The Hall–Kier alpha value is -2.94. The molecule has 1 aromatic carbocycles. The molecule has 1 aliphatic rings. The standard InChI is InChI=1S/C22H26N2O6S/c1-22(2,3)13-5-10-16-17(11-13)31-20(19(16)21(26)29-4)23-18(25)12-30-15-8-6-14(7-9-15)24(27)28/h6-9,13H,5,10-12H2,1-4H3,(H,23,25). The summed E-state index contributed by atoms with van der Waals surface area (Å²) in [6.07, 6.45) is 2.61. The van der Waals surface area contributed by atoms with Gasteiger partial charge in [0.2, 0.25) is 0 Å². The highest BCUT2D eigenvalue weighted by Crippen LogP contribution is 2.44. The third kappa shape index (κ3) is 5.22. The first-order valence-corrected chi connectivity index (χ1v) is 10.8. The number of nitro groups is 1. The van der Waals surface area contributed by atoms with Gasteiger partial charge in [-0.3, -0.25) is 14.9 Å². The van der Waals surface area contributed by atoms with E-state index >= 15 is 0 Å². The van der Waals surface area contributed by atoms with Gasteiger partial charge in [0, 0.05) is 17.0 Å². The van der Waals surface area contributed by atoms with Gasteiger partial charge in [-0.25, -0.2) is 4.79 Å². The molecule has 1 N–H and O–H groups in total. The van der Waals surface area contributed by atoms with E-state index in [1.54, 1.807) is 0 Å². The Morgan fingerprint density at radius 3 is 2.52 bits per heavy atom. The van der Waals surface area contributed by atoms with Gasteiger partial charge < -0.3 is 14.8 Å². The zero-order chi connectivity index (χ0) is 22.8. The SMILES string of the molecule is COC(=O)c1c(NC(=O)COc2ccc([N+](=O)[O-])cc2)sc2c1CCC(C(C)(C)C)C2. The van der Waals surface area contributed by atoms with Gasteiger partial charge in [-0.15, -0.1) is 11.3 Å². The minimum absolute atomic E-state index is 0.0581. The Balaban J connectivity index is 1.73. The number of ether oxygens (including phenoxy) is 2. The van der Waals surface area contributed by atoms with Crippen LogP contribution in [0.25, 0.3) is 0 Å². The zero-order valence-corrected chi connectivity index (χ0v) is 18.8. The van der Waals surface area contributed by atoms with E-state index in [9.17, 15) is 19.7 Å². The number of nitrogens with zero attached hydrogens (tertiary/aromatic N) is 1. The smallest absolute Gasteiger partial charge is 0.341 e. The Morgan fingerprint density at radius 2 is 1.94 bits per heavy atom. The number of methoxy groups -OCH3 is 1. The topological polar surface area (TPSA) is 108 Å². The highest BCUT2D eigenvalue weighted by atomic mass is 32.1. The molecule has 1 amide bonds. The fraction of sp³-hybridized carbons (Fsp3) is 0.455. The molecule has 0 radical (unpaired) electrons. The van der Waals surface area contributed by atoms with Crippen molar-refractivity contribution in [1.29, 1.82) is 0 Å². The fourth-order valence-electron chi connectivity index (χ4n) is 3.71. The van der Waals surface area contributed by atoms with E-state index < -0.39 is 16.8 Å². The van der Waals surface area contributed by atoms with Crippen molar-refractivity contribution in [3.8, 4) is 5.75 Å². The predicted octanol–water partition coefficient (Wildman–Crippen LogP) is 4.61. The summed E-state index contributed by atoms with van der Waals surface area (Å²) in [6.45, 7) is 6.37. The van der Waals surface area contributed by atoms with Gasteiger partial charge >= 0.3 is 5.97 Å². The number of nitro benzene ring substituents is 1. The number of carbonyl (C=O) groups is 2. The van der Waals surface area contributed by atoms with E-state index in [0.29, 0.717) is 22.2 Å². The number of hydrogen-bond donors (Lipinski definition) is 1.